The second-order valence-electron chi connectivity index (χ2n) is 14.1. The van der Waals surface area contributed by atoms with E-state index in [0.717, 1.165) is 18.4 Å². The van der Waals surface area contributed by atoms with Crippen LogP contribution in [0.4, 0.5) is 0 Å². The first kappa shape index (κ1) is 23.5. The number of carbonyl (C=O) groups excluding carboxylic acids is 2. The molecule has 6 nitrogen and oxygen atoms in total. The van der Waals surface area contributed by atoms with E-state index in [1.54, 1.807) is 0 Å². The Labute approximate surface area is 213 Å². The molecule has 2 aliphatic heterocycles. The molecule has 0 amide bonds. The molecule has 14 unspecified atom stereocenters. The van der Waals surface area contributed by atoms with Crippen LogP contribution in [0.15, 0.2) is 23.3 Å². The van der Waals surface area contributed by atoms with Crippen LogP contribution in [0.5, 0.6) is 0 Å². The van der Waals surface area contributed by atoms with E-state index in [9.17, 15) is 19.8 Å². The van der Waals surface area contributed by atoms with Crippen molar-refractivity contribution in [1.29, 1.82) is 0 Å². The van der Waals surface area contributed by atoms with Crippen LogP contribution in [-0.4, -0.2) is 45.6 Å². The van der Waals surface area contributed by atoms with Crippen LogP contribution in [-0.2, 0) is 19.1 Å². The number of rotatable bonds is 0. The molecule has 0 spiro atoms. The minimum Gasteiger partial charge on any atom is -0.461 e. The molecule has 2 saturated heterocycles. The summed E-state index contributed by atoms with van der Waals surface area (Å²) in [5.41, 5.74) is -0.637. The maximum absolute atomic E-state index is 12.8. The number of ether oxygens (including phenoxy) is 2. The van der Waals surface area contributed by atoms with Crippen LogP contribution in [0.25, 0.3) is 0 Å². The lowest BCUT2D eigenvalue weighted by atomic mass is 9.55. The molecule has 0 aromatic carbocycles. The highest BCUT2D eigenvalue weighted by atomic mass is 16.6. The van der Waals surface area contributed by atoms with Gasteiger partial charge in [0.15, 0.2) is 0 Å². The summed E-state index contributed by atoms with van der Waals surface area (Å²) in [5, 5.41) is 24.5. The minimum atomic E-state index is -1.01. The van der Waals surface area contributed by atoms with Gasteiger partial charge in [0.2, 0.25) is 0 Å². The molecule has 0 aromatic rings. The highest BCUT2D eigenvalue weighted by molar-refractivity contribution is 5.76. The van der Waals surface area contributed by atoms with Crippen LogP contribution in [0.3, 0.4) is 0 Å². The molecule has 0 aromatic heterocycles. The smallest absolute Gasteiger partial charge is 0.309 e. The van der Waals surface area contributed by atoms with Gasteiger partial charge in [-0.15, -0.1) is 0 Å². The van der Waals surface area contributed by atoms with Crippen LogP contribution in [0.2, 0.25) is 0 Å². The van der Waals surface area contributed by atoms with E-state index in [1.807, 2.05) is 27.7 Å². The zero-order valence-electron chi connectivity index (χ0n) is 22.3. The molecular weight excluding hydrogens is 456 g/mol. The van der Waals surface area contributed by atoms with Gasteiger partial charge in [-0.2, -0.15) is 0 Å². The molecule has 5 aliphatic carbocycles. The second-order valence-corrected chi connectivity index (χ2v) is 14.1. The maximum atomic E-state index is 12.8. The predicted octanol–water partition coefficient (Wildman–Crippen LogP) is 3.80. The Balaban J connectivity index is 1.46. The van der Waals surface area contributed by atoms with E-state index in [4.69, 9.17) is 9.47 Å². The average molecular weight is 497 g/mol. The first-order valence-electron chi connectivity index (χ1n) is 14.0. The van der Waals surface area contributed by atoms with Crippen LogP contribution < -0.4 is 0 Å². The molecule has 2 heterocycles. The molecule has 14 atom stereocenters. The predicted molar refractivity (Wildman–Crippen MR) is 131 cm³/mol. The summed E-state index contributed by atoms with van der Waals surface area (Å²) in [6, 6.07) is 0. The highest BCUT2D eigenvalue weighted by Gasteiger charge is 2.81. The van der Waals surface area contributed by atoms with Crippen molar-refractivity contribution in [1.82, 2.24) is 0 Å². The van der Waals surface area contributed by atoms with Crippen molar-refractivity contribution in [3.8, 4) is 0 Å². The van der Waals surface area contributed by atoms with E-state index >= 15 is 0 Å². The topological polar surface area (TPSA) is 93.1 Å². The van der Waals surface area contributed by atoms with Gasteiger partial charge in [-0.25, -0.2) is 0 Å². The van der Waals surface area contributed by atoms with E-state index in [2.05, 4.69) is 26.0 Å². The summed E-state index contributed by atoms with van der Waals surface area (Å²) in [6.07, 6.45) is 6.68. The zero-order chi connectivity index (χ0) is 25.7. The number of hydrogen-bond donors (Lipinski definition) is 2. The largest absolute Gasteiger partial charge is 0.461 e. The van der Waals surface area contributed by atoms with E-state index in [0.29, 0.717) is 12.8 Å². The van der Waals surface area contributed by atoms with Crippen molar-refractivity contribution in [2.75, 3.05) is 0 Å². The standard InChI is InChI=1S/C30H40O6/c1-13-16-7-9-28(5,33)20-18(22(16)35-25(13)31)15(3)19-21(20)30-12-11-27(19,4)24(30)23-17(8-10-29(30,6)34)14(2)26(32)36-23/h11-14,16-17,19-24,33-34H,7-10H2,1-6H3. The average Bonchev–Trinajstić information content (AvgIpc) is 3.47. The van der Waals surface area contributed by atoms with Gasteiger partial charge in [-0.1, -0.05) is 38.5 Å². The fourth-order valence-electron chi connectivity index (χ4n) is 11.0. The van der Waals surface area contributed by atoms with Crippen LogP contribution in [0.1, 0.15) is 67.2 Å². The highest BCUT2D eigenvalue weighted by Crippen LogP contribution is 2.80. The van der Waals surface area contributed by atoms with Gasteiger partial charge < -0.3 is 19.7 Å². The molecule has 0 radical (unpaired) electrons. The van der Waals surface area contributed by atoms with Crippen LogP contribution in [0, 0.1) is 58.2 Å². The van der Waals surface area contributed by atoms with Crippen molar-refractivity contribution in [2.45, 2.75) is 90.6 Å². The summed E-state index contributed by atoms with van der Waals surface area (Å²) >= 11 is 0. The SMILES string of the molecule is CC1=C2C3OC(=O)C(C)C3CCC(C)(O)C2C2C1C1(C)C=CC23C1C1OC(=O)C(C)C1CCC3(C)O. The molecule has 7 aliphatic rings. The lowest BCUT2D eigenvalue weighted by Crippen LogP contribution is -2.56. The summed E-state index contributed by atoms with van der Waals surface area (Å²) in [5.74, 6) is -0.663. The van der Waals surface area contributed by atoms with Gasteiger partial charge in [0.25, 0.3) is 0 Å². The quantitative estimate of drug-likeness (QED) is 0.391. The molecule has 2 N–H and O–H groups in total. The number of esters is 2. The Morgan fingerprint density at radius 3 is 2.25 bits per heavy atom. The third-order valence-corrected chi connectivity index (χ3v) is 12.6. The van der Waals surface area contributed by atoms with Crippen molar-refractivity contribution in [3.05, 3.63) is 23.3 Å². The lowest BCUT2D eigenvalue weighted by molar-refractivity contribution is -0.157. The Morgan fingerprint density at radius 1 is 0.889 bits per heavy atom. The Kier molecular flexibility index (Phi) is 4.34. The van der Waals surface area contributed by atoms with Gasteiger partial charge in [-0.05, 0) is 69.3 Å². The van der Waals surface area contributed by atoms with Crippen molar-refractivity contribution < 1.29 is 29.3 Å². The number of carbonyl (C=O) groups is 2. The fourth-order valence-corrected chi connectivity index (χ4v) is 11.0. The number of allylic oxidation sites excluding steroid dienone is 2. The summed E-state index contributed by atoms with van der Waals surface area (Å²) in [7, 11) is 0. The third-order valence-electron chi connectivity index (χ3n) is 12.6. The summed E-state index contributed by atoms with van der Waals surface area (Å²) in [6.45, 7) is 12.3. The third kappa shape index (κ3) is 2.35. The van der Waals surface area contributed by atoms with E-state index in [-0.39, 0.29) is 76.9 Å². The normalized spacial score (nSPS) is 60.6. The second kappa shape index (κ2) is 6.66. The zero-order valence-corrected chi connectivity index (χ0v) is 22.3. The Bertz CT molecular complexity index is 1130. The first-order chi connectivity index (χ1) is 16.8. The lowest BCUT2D eigenvalue weighted by Gasteiger charge is -2.51. The molecule has 5 fully saturated rings. The van der Waals surface area contributed by atoms with Gasteiger partial charge >= 0.3 is 11.9 Å². The number of fused-ring (bicyclic) bond motifs is 7. The Hall–Kier alpha value is -1.66. The van der Waals surface area contributed by atoms with Crippen molar-refractivity contribution in [2.24, 2.45) is 58.2 Å². The number of aliphatic hydroxyl groups is 2. The van der Waals surface area contributed by atoms with Gasteiger partial charge in [0.1, 0.15) is 12.2 Å². The van der Waals surface area contributed by atoms with Crippen LogP contribution >= 0.6 is 0 Å². The molecular formula is C30H40O6. The monoisotopic (exact) mass is 496 g/mol. The maximum Gasteiger partial charge on any atom is 0.309 e. The van der Waals surface area contributed by atoms with Crippen molar-refractivity contribution in [3.63, 3.8) is 0 Å². The van der Waals surface area contributed by atoms with Gasteiger partial charge in [-0.3, -0.25) is 9.59 Å². The molecule has 7 rings (SSSR count). The molecule has 36 heavy (non-hydrogen) atoms. The molecule has 3 saturated carbocycles. The molecule has 6 heteroatoms. The van der Waals surface area contributed by atoms with Gasteiger partial charge in [0, 0.05) is 29.1 Å². The van der Waals surface area contributed by atoms with E-state index < -0.39 is 16.6 Å². The number of hydrogen-bond acceptors (Lipinski definition) is 6. The van der Waals surface area contributed by atoms with E-state index in [1.165, 1.54) is 5.57 Å². The summed E-state index contributed by atoms with van der Waals surface area (Å²) in [4.78, 5) is 25.5. The fraction of sp³-hybridized carbons (Fsp3) is 0.800. The first-order valence-corrected chi connectivity index (χ1v) is 14.0. The summed E-state index contributed by atoms with van der Waals surface area (Å²) < 4.78 is 12.3. The van der Waals surface area contributed by atoms with Crippen molar-refractivity contribution >= 4 is 11.9 Å². The minimum absolute atomic E-state index is 0.0424. The molecule has 196 valence electrons. The molecule has 2 bridgehead atoms. The Morgan fingerprint density at radius 2 is 1.53 bits per heavy atom. The van der Waals surface area contributed by atoms with Gasteiger partial charge in [0.05, 0.1) is 23.0 Å².